The van der Waals surface area contributed by atoms with Gasteiger partial charge in [0.2, 0.25) is 5.91 Å². The predicted molar refractivity (Wildman–Crippen MR) is 106 cm³/mol. The van der Waals surface area contributed by atoms with Crippen molar-refractivity contribution in [2.75, 3.05) is 5.32 Å². The summed E-state index contributed by atoms with van der Waals surface area (Å²) >= 11 is 6.04. The first-order valence-corrected chi connectivity index (χ1v) is 9.23. The number of carbonyl (C=O) groups excluding carboxylic acids is 1. The third kappa shape index (κ3) is 3.59. The van der Waals surface area contributed by atoms with Gasteiger partial charge in [-0.15, -0.1) is 0 Å². The van der Waals surface area contributed by atoms with Crippen molar-refractivity contribution < 1.29 is 9.90 Å². The summed E-state index contributed by atoms with van der Waals surface area (Å²) in [5, 5.41) is 15.3. The number of aliphatic hydroxyl groups is 1. The summed E-state index contributed by atoms with van der Waals surface area (Å²) in [6.45, 7) is 0. The molecule has 1 unspecified atom stereocenters. The minimum Gasteiger partial charge on any atom is -0.380 e. The van der Waals surface area contributed by atoms with Gasteiger partial charge in [0.05, 0.1) is 0 Å². The summed E-state index contributed by atoms with van der Waals surface area (Å²) in [5.41, 5.74) is 3.09. The Morgan fingerprint density at radius 1 is 1.07 bits per heavy atom. The number of carbonyl (C=O) groups is 1. The fraction of sp³-hybridized carbons (Fsp3) is 0.182. The number of nitrogens with one attached hydrogen (secondary N) is 1. The summed E-state index contributed by atoms with van der Waals surface area (Å²) in [6.07, 6.45) is 4.98. The molecule has 0 bridgehead atoms. The fourth-order valence-corrected chi connectivity index (χ4v) is 3.66. The number of rotatable bonds is 4. The van der Waals surface area contributed by atoms with Crippen molar-refractivity contribution in [1.29, 1.82) is 0 Å². The summed E-state index contributed by atoms with van der Waals surface area (Å²) in [4.78, 5) is 15.8. The second kappa shape index (κ2) is 7.14. The third-order valence-corrected chi connectivity index (χ3v) is 5.23. The summed E-state index contributed by atoms with van der Waals surface area (Å²) in [5.74, 6) is 0.0265. The van der Waals surface area contributed by atoms with Gasteiger partial charge >= 0.3 is 0 Å². The Kier molecular flexibility index (Phi) is 4.68. The van der Waals surface area contributed by atoms with Crippen LogP contribution in [0.25, 0.3) is 0 Å². The summed E-state index contributed by atoms with van der Waals surface area (Å²) in [6, 6.07) is 16.8. The van der Waals surface area contributed by atoms with E-state index >= 15 is 0 Å². The highest BCUT2D eigenvalue weighted by Crippen LogP contribution is 2.36. The molecule has 2 heterocycles. The van der Waals surface area contributed by atoms with Crippen LogP contribution < -0.4 is 5.32 Å². The van der Waals surface area contributed by atoms with Crippen molar-refractivity contribution in [3.05, 3.63) is 94.3 Å². The number of aryl methyl sites for hydroxylation is 1. The van der Waals surface area contributed by atoms with E-state index in [1.807, 2.05) is 42.5 Å². The molecule has 1 aliphatic heterocycles. The smallest absolute Gasteiger partial charge is 0.224 e. The maximum absolute atomic E-state index is 11.8. The van der Waals surface area contributed by atoms with E-state index in [0.29, 0.717) is 24.3 Å². The van der Waals surface area contributed by atoms with Crippen molar-refractivity contribution in [1.82, 2.24) is 4.98 Å². The highest BCUT2D eigenvalue weighted by molar-refractivity contribution is 6.30. The van der Waals surface area contributed by atoms with Gasteiger partial charge in [-0.05, 0) is 52.9 Å². The lowest BCUT2D eigenvalue weighted by atomic mass is 9.80. The number of hydrogen-bond acceptors (Lipinski definition) is 3. The normalized spacial score (nSPS) is 15.6. The molecule has 5 heteroatoms. The first-order chi connectivity index (χ1) is 13.0. The monoisotopic (exact) mass is 378 g/mol. The Balaban J connectivity index is 1.80. The van der Waals surface area contributed by atoms with Crippen molar-refractivity contribution in [3.63, 3.8) is 0 Å². The summed E-state index contributed by atoms with van der Waals surface area (Å²) < 4.78 is 0. The number of pyridine rings is 1. The van der Waals surface area contributed by atoms with Crippen molar-refractivity contribution in [3.8, 4) is 0 Å². The Morgan fingerprint density at radius 2 is 1.85 bits per heavy atom. The number of amides is 1. The highest BCUT2D eigenvalue weighted by Gasteiger charge is 2.33. The van der Waals surface area contributed by atoms with Crippen LogP contribution in [0.1, 0.15) is 28.7 Å². The van der Waals surface area contributed by atoms with E-state index in [4.69, 9.17) is 11.6 Å². The molecule has 27 heavy (non-hydrogen) atoms. The van der Waals surface area contributed by atoms with Crippen LogP contribution >= 0.6 is 11.6 Å². The SMILES string of the molecule is O=C1CCc2cc(C(O)(Cc3cccnc3)c3ccc(Cl)cc3)ccc2N1. The van der Waals surface area contributed by atoms with Crippen LogP contribution in [0.2, 0.25) is 5.02 Å². The molecule has 1 atom stereocenters. The van der Waals surface area contributed by atoms with Gasteiger partial charge in [-0.2, -0.15) is 0 Å². The van der Waals surface area contributed by atoms with E-state index in [-0.39, 0.29) is 5.91 Å². The van der Waals surface area contributed by atoms with E-state index in [0.717, 1.165) is 27.9 Å². The van der Waals surface area contributed by atoms with Crippen LogP contribution in [0.5, 0.6) is 0 Å². The van der Waals surface area contributed by atoms with Crippen LogP contribution in [0.4, 0.5) is 5.69 Å². The number of hydrogen-bond donors (Lipinski definition) is 2. The maximum atomic E-state index is 11.8. The van der Waals surface area contributed by atoms with E-state index in [2.05, 4.69) is 10.3 Å². The van der Waals surface area contributed by atoms with Gasteiger partial charge in [0.25, 0.3) is 0 Å². The third-order valence-electron chi connectivity index (χ3n) is 4.98. The van der Waals surface area contributed by atoms with Gasteiger partial charge in [0.15, 0.2) is 0 Å². The lowest BCUT2D eigenvalue weighted by Gasteiger charge is -2.31. The van der Waals surface area contributed by atoms with Gasteiger partial charge < -0.3 is 10.4 Å². The van der Waals surface area contributed by atoms with Crippen LogP contribution in [-0.4, -0.2) is 16.0 Å². The van der Waals surface area contributed by atoms with Gasteiger partial charge in [-0.1, -0.05) is 41.9 Å². The lowest BCUT2D eigenvalue weighted by molar-refractivity contribution is -0.116. The molecule has 2 N–H and O–H groups in total. The minimum absolute atomic E-state index is 0.0265. The largest absolute Gasteiger partial charge is 0.380 e. The Morgan fingerprint density at radius 3 is 2.59 bits per heavy atom. The molecular formula is C22H19ClN2O2. The fourth-order valence-electron chi connectivity index (χ4n) is 3.54. The molecular weight excluding hydrogens is 360 g/mol. The molecule has 0 saturated heterocycles. The van der Waals surface area contributed by atoms with Crippen molar-refractivity contribution >= 4 is 23.2 Å². The highest BCUT2D eigenvalue weighted by atomic mass is 35.5. The molecule has 2 aromatic carbocycles. The zero-order valence-corrected chi connectivity index (χ0v) is 15.4. The van der Waals surface area contributed by atoms with E-state index in [9.17, 15) is 9.90 Å². The van der Waals surface area contributed by atoms with Crippen LogP contribution in [0, 0.1) is 0 Å². The number of benzene rings is 2. The van der Waals surface area contributed by atoms with Gasteiger partial charge in [0.1, 0.15) is 5.60 Å². The Hall–Kier alpha value is -2.69. The zero-order valence-electron chi connectivity index (χ0n) is 14.7. The molecule has 4 rings (SSSR count). The average molecular weight is 379 g/mol. The van der Waals surface area contributed by atoms with Gasteiger partial charge in [-0.25, -0.2) is 0 Å². The molecule has 0 aliphatic carbocycles. The van der Waals surface area contributed by atoms with Gasteiger partial charge in [-0.3, -0.25) is 9.78 Å². The standard InChI is InChI=1S/C22H19ClN2O2/c23-19-7-4-17(5-8-19)22(27,13-15-2-1-11-24-14-15)18-6-9-20-16(12-18)3-10-21(26)25-20/h1-2,4-9,11-12,14,27H,3,10,13H2,(H,25,26). The zero-order chi connectivity index (χ0) is 18.9. The molecule has 0 radical (unpaired) electrons. The quantitative estimate of drug-likeness (QED) is 0.718. The first-order valence-electron chi connectivity index (χ1n) is 8.85. The molecule has 3 aromatic rings. The van der Waals surface area contributed by atoms with Crippen LogP contribution in [0.3, 0.4) is 0 Å². The molecule has 0 saturated carbocycles. The number of halogens is 1. The second-order valence-corrected chi connectivity index (χ2v) is 7.26. The molecule has 1 aromatic heterocycles. The first kappa shape index (κ1) is 17.7. The molecule has 1 aliphatic rings. The molecule has 0 spiro atoms. The Bertz CT molecular complexity index is 973. The number of fused-ring (bicyclic) bond motifs is 1. The number of nitrogens with zero attached hydrogens (tertiary/aromatic N) is 1. The lowest BCUT2D eigenvalue weighted by Crippen LogP contribution is -2.31. The van der Waals surface area contributed by atoms with E-state index in [1.165, 1.54) is 0 Å². The van der Waals surface area contributed by atoms with Crippen molar-refractivity contribution in [2.45, 2.75) is 24.9 Å². The maximum Gasteiger partial charge on any atom is 0.224 e. The average Bonchev–Trinajstić information content (AvgIpc) is 2.68. The summed E-state index contributed by atoms with van der Waals surface area (Å²) in [7, 11) is 0. The Labute approximate surface area is 162 Å². The van der Waals surface area contributed by atoms with Crippen LogP contribution in [-0.2, 0) is 23.2 Å². The van der Waals surface area contributed by atoms with E-state index < -0.39 is 5.60 Å². The van der Waals surface area contributed by atoms with Crippen molar-refractivity contribution in [2.24, 2.45) is 0 Å². The second-order valence-electron chi connectivity index (χ2n) is 6.83. The topological polar surface area (TPSA) is 62.2 Å². The van der Waals surface area contributed by atoms with Crippen LogP contribution in [0.15, 0.2) is 67.0 Å². The molecule has 0 fully saturated rings. The predicted octanol–water partition coefficient (Wildman–Crippen LogP) is 4.10. The molecule has 136 valence electrons. The number of anilines is 1. The van der Waals surface area contributed by atoms with Gasteiger partial charge in [0, 0.05) is 35.9 Å². The van der Waals surface area contributed by atoms with E-state index in [1.54, 1.807) is 24.5 Å². The minimum atomic E-state index is -1.23. The molecule has 1 amide bonds. The molecule has 4 nitrogen and oxygen atoms in total. The number of aromatic nitrogens is 1.